The Hall–Kier alpha value is -1.55. The van der Waals surface area contributed by atoms with E-state index in [0.29, 0.717) is 28.5 Å². The van der Waals surface area contributed by atoms with Crippen LogP contribution in [-0.2, 0) is 14.3 Å². The Morgan fingerprint density at radius 3 is 2.32 bits per heavy atom. The van der Waals surface area contributed by atoms with Crippen LogP contribution in [0.4, 0.5) is 5.69 Å². The van der Waals surface area contributed by atoms with E-state index in [0.717, 1.165) is 19.3 Å². The van der Waals surface area contributed by atoms with Gasteiger partial charge in [-0.25, -0.2) is 0 Å². The second kappa shape index (κ2) is 6.31. The third kappa shape index (κ3) is 3.29. The van der Waals surface area contributed by atoms with E-state index in [1.807, 2.05) is 0 Å². The molecule has 5 heteroatoms. The Kier molecular flexibility index (Phi) is 4.27. The lowest BCUT2D eigenvalue weighted by Gasteiger charge is -2.55. The topological polar surface area (TPSA) is 55.4 Å². The van der Waals surface area contributed by atoms with Crippen molar-refractivity contribution in [1.29, 1.82) is 0 Å². The number of nitrogens with one attached hydrogen (secondary N) is 1. The first-order chi connectivity index (χ1) is 11.9. The molecule has 0 radical (unpaired) electrons. The van der Waals surface area contributed by atoms with Gasteiger partial charge in [0, 0.05) is 10.7 Å². The number of rotatable bonds is 4. The van der Waals surface area contributed by atoms with Gasteiger partial charge in [-0.1, -0.05) is 17.7 Å². The Balaban J connectivity index is 1.39. The van der Waals surface area contributed by atoms with Crippen molar-refractivity contribution in [3.8, 4) is 0 Å². The van der Waals surface area contributed by atoms with Gasteiger partial charge in [-0.3, -0.25) is 9.59 Å². The minimum Gasteiger partial charge on any atom is -0.452 e. The molecule has 5 rings (SSSR count). The summed E-state index contributed by atoms with van der Waals surface area (Å²) in [6.45, 7) is 1.64. The fourth-order valence-corrected chi connectivity index (χ4v) is 5.70. The van der Waals surface area contributed by atoms with Crippen molar-refractivity contribution in [3.63, 3.8) is 0 Å². The van der Waals surface area contributed by atoms with E-state index < -0.39 is 6.10 Å². The molecule has 1 amide bonds. The quantitative estimate of drug-likeness (QED) is 0.807. The van der Waals surface area contributed by atoms with Gasteiger partial charge in [-0.2, -0.15) is 0 Å². The number of carbonyl (C=O) groups is 2. The molecular weight excluding hydrogens is 338 g/mol. The van der Waals surface area contributed by atoms with Gasteiger partial charge in [-0.05, 0) is 81.4 Å². The maximum absolute atomic E-state index is 12.9. The number of amides is 1. The Bertz CT molecular complexity index is 667. The molecule has 4 aliphatic carbocycles. The van der Waals surface area contributed by atoms with Crippen molar-refractivity contribution < 1.29 is 14.3 Å². The highest BCUT2D eigenvalue weighted by atomic mass is 35.5. The van der Waals surface area contributed by atoms with Gasteiger partial charge in [-0.15, -0.1) is 0 Å². The Morgan fingerprint density at radius 1 is 1.16 bits per heavy atom. The van der Waals surface area contributed by atoms with Crippen LogP contribution in [0.5, 0.6) is 0 Å². The number of carbonyl (C=O) groups excluding carboxylic acids is 2. The molecule has 4 nitrogen and oxygen atoms in total. The lowest BCUT2D eigenvalue weighted by Crippen LogP contribution is -2.51. The van der Waals surface area contributed by atoms with Gasteiger partial charge < -0.3 is 10.1 Å². The first-order valence-corrected chi connectivity index (χ1v) is 9.59. The second-order valence-corrected chi connectivity index (χ2v) is 8.68. The smallest absolute Gasteiger partial charge is 0.312 e. The number of hydrogen-bond donors (Lipinski definition) is 1. The molecule has 4 fully saturated rings. The first kappa shape index (κ1) is 16.9. The summed E-state index contributed by atoms with van der Waals surface area (Å²) >= 11 is 5.93. The van der Waals surface area contributed by atoms with Crippen molar-refractivity contribution in [1.82, 2.24) is 0 Å². The molecule has 1 N–H and O–H groups in total. The number of ether oxygens (including phenoxy) is 1. The minimum atomic E-state index is -0.806. The summed E-state index contributed by atoms with van der Waals surface area (Å²) in [5.74, 6) is 1.54. The lowest BCUT2D eigenvalue weighted by atomic mass is 9.49. The average molecular weight is 362 g/mol. The molecule has 4 aliphatic rings. The van der Waals surface area contributed by atoms with Gasteiger partial charge in [0.25, 0.3) is 5.91 Å². The Morgan fingerprint density at radius 2 is 1.76 bits per heavy atom. The summed E-state index contributed by atoms with van der Waals surface area (Å²) < 4.78 is 5.62. The zero-order chi connectivity index (χ0) is 17.6. The van der Waals surface area contributed by atoms with Gasteiger partial charge in [0.1, 0.15) is 0 Å². The van der Waals surface area contributed by atoms with E-state index in [1.165, 1.54) is 19.3 Å². The van der Waals surface area contributed by atoms with E-state index in [2.05, 4.69) is 5.32 Å². The van der Waals surface area contributed by atoms with Crippen molar-refractivity contribution in [2.24, 2.45) is 23.2 Å². The number of benzene rings is 1. The molecule has 134 valence electrons. The zero-order valence-electron chi connectivity index (χ0n) is 14.5. The van der Waals surface area contributed by atoms with Crippen molar-refractivity contribution in [2.45, 2.75) is 51.6 Å². The highest BCUT2D eigenvalue weighted by Crippen LogP contribution is 2.60. The summed E-state index contributed by atoms with van der Waals surface area (Å²) in [6.07, 6.45) is 5.85. The standard InChI is InChI=1S/C20H24ClNO3/c1-12(18(23)22-17-4-2-3-16(21)8-17)25-19(24)20-9-13-5-14(10-20)7-15(6-13)11-20/h2-4,8,12-15H,5-7,9-11H2,1H3,(H,22,23)/t12-,13?,14?,15?,20?/m1/s1. The number of esters is 1. The van der Waals surface area contributed by atoms with Crippen molar-refractivity contribution in [3.05, 3.63) is 29.3 Å². The molecule has 0 saturated heterocycles. The second-order valence-electron chi connectivity index (χ2n) is 8.25. The largest absolute Gasteiger partial charge is 0.452 e. The van der Waals surface area contributed by atoms with Crippen LogP contribution in [0, 0.1) is 23.2 Å². The first-order valence-electron chi connectivity index (χ1n) is 9.21. The summed E-state index contributed by atoms with van der Waals surface area (Å²) in [7, 11) is 0. The molecule has 0 unspecified atom stereocenters. The fourth-order valence-electron chi connectivity index (χ4n) is 5.51. The molecule has 0 spiro atoms. The molecule has 25 heavy (non-hydrogen) atoms. The van der Waals surface area contributed by atoms with Gasteiger partial charge >= 0.3 is 5.97 Å². The van der Waals surface area contributed by atoms with Crippen molar-refractivity contribution in [2.75, 3.05) is 5.32 Å². The minimum absolute atomic E-state index is 0.166. The molecule has 4 saturated carbocycles. The third-order valence-electron chi connectivity index (χ3n) is 6.22. The molecular formula is C20H24ClNO3. The highest BCUT2D eigenvalue weighted by Gasteiger charge is 2.55. The van der Waals surface area contributed by atoms with E-state index in [4.69, 9.17) is 16.3 Å². The van der Waals surface area contributed by atoms with Crippen LogP contribution < -0.4 is 5.32 Å². The summed E-state index contributed by atoms with van der Waals surface area (Å²) in [4.78, 5) is 25.2. The van der Waals surface area contributed by atoms with Crippen LogP contribution in [-0.4, -0.2) is 18.0 Å². The molecule has 0 heterocycles. The number of halogens is 1. The summed E-state index contributed by atoms with van der Waals surface area (Å²) in [5, 5.41) is 3.31. The molecule has 1 aromatic rings. The normalized spacial score (nSPS) is 33.8. The van der Waals surface area contributed by atoms with Gasteiger partial charge in [0.2, 0.25) is 0 Å². The predicted octanol–water partition coefficient (Wildman–Crippen LogP) is 4.43. The van der Waals surface area contributed by atoms with Crippen LogP contribution in [0.2, 0.25) is 5.02 Å². The van der Waals surface area contributed by atoms with Crippen LogP contribution in [0.1, 0.15) is 45.4 Å². The van der Waals surface area contributed by atoms with Crippen LogP contribution >= 0.6 is 11.6 Å². The molecule has 0 aliphatic heterocycles. The van der Waals surface area contributed by atoms with E-state index in [-0.39, 0.29) is 17.3 Å². The molecule has 4 bridgehead atoms. The lowest BCUT2D eigenvalue weighted by molar-refractivity contribution is -0.177. The van der Waals surface area contributed by atoms with Gasteiger partial charge in [0.05, 0.1) is 5.41 Å². The Labute approximate surface area is 153 Å². The van der Waals surface area contributed by atoms with Crippen molar-refractivity contribution >= 4 is 29.2 Å². The monoisotopic (exact) mass is 361 g/mol. The van der Waals surface area contributed by atoms with Crippen LogP contribution in [0.15, 0.2) is 24.3 Å². The maximum atomic E-state index is 12.9. The average Bonchev–Trinajstić information content (AvgIpc) is 2.53. The van der Waals surface area contributed by atoms with Crippen LogP contribution in [0.25, 0.3) is 0 Å². The summed E-state index contributed by atoms with van der Waals surface area (Å²) in [6, 6.07) is 6.95. The van der Waals surface area contributed by atoms with E-state index in [9.17, 15) is 9.59 Å². The summed E-state index contributed by atoms with van der Waals surface area (Å²) in [5.41, 5.74) is 0.273. The fraction of sp³-hybridized carbons (Fsp3) is 0.600. The van der Waals surface area contributed by atoms with E-state index in [1.54, 1.807) is 31.2 Å². The molecule has 0 aromatic heterocycles. The van der Waals surface area contributed by atoms with Crippen LogP contribution in [0.3, 0.4) is 0 Å². The number of hydrogen-bond acceptors (Lipinski definition) is 3. The van der Waals surface area contributed by atoms with E-state index >= 15 is 0 Å². The third-order valence-corrected chi connectivity index (χ3v) is 6.45. The SMILES string of the molecule is C[C@@H](OC(=O)C12CC3CC(CC(C3)C1)C2)C(=O)Nc1cccc(Cl)c1. The molecule has 1 aromatic carbocycles. The predicted molar refractivity (Wildman–Crippen MR) is 96.2 cm³/mol. The number of anilines is 1. The molecule has 1 atom stereocenters. The highest BCUT2D eigenvalue weighted by molar-refractivity contribution is 6.30. The zero-order valence-corrected chi connectivity index (χ0v) is 15.2. The maximum Gasteiger partial charge on any atom is 0.312 e. The van der Waals surface area contributed by atoms with Gasteiger partial charge in [0.15, 0.2) is 6.10 Å².